The van der Waals surface area contributed by atoms with Crippen molar-refractivity contribution >= 4 is 40.4 Å². The van der Waals surface area contributed by atoms with Gasteiger partial charge in [0, 0.05) is 18.3 Å². The van der Waals surface area contributed by atoms with Gasteiger partial charge in [-0.1, -0.05) is 26.0 Å². The number of rotatable bonds is 6. The number of carbonyl (C=O) groups is 3. The van der Waals surface area contributed by atoms with Crippen LogP contribution >= 0.6 is 11.3 Å². The Bertz CT molecular complexity index is 757. The molecule has 3 amide bonds. The lowest BCUT2D eigenvalue weighted by atomic mass is 10.0. The van der Waals surface area contributed by atoms with Gasteiger partial charge in [0.05, 0.1) is 4.88 Å². The fourth-order valence-corrected chi connectivity index (χ4v) is 2.88. The maximum Gasteiger partial charge on any atom is 0.262 e. The minimum Gasteiger partial charge on any atom is -0.339 e. The summed E-state index contributed by atoms with van der Waals surface area (Å²) in [6.07, 6.45) is 0. The smallest absolute Gasteiger partial charge is 0.262 e. The minimum atomic E-state index is -0.668. The van der Waals surface area contributed by atoms with Gasteiger partial charge < -0.3 is 16.0 Å². The lowest BCUT2D eigenvalue weighted by molar-refractivity contribution is -0.119. The highest BCUT2D eigenvalue weighted by molar-refractivity contribution is 7.12. The van der Waals surface area contributed by atoms with Gasteiger partial charge >= 0.3 is 0 Å². The molecule has 3 N–H and O–H groups in total. The molecule has 0 aliphatic carbocycles. The molecule has 0 bridgehead atoms. The van der Waals surface area contributed by atoms with Crippen molar-refractivity contribution in [3.63, 3.8) is 0 Å². The van der Waals surface area contributed by atoms with Crippen LogP contribution in [0.3, 0.4) is 0 Å². The Labute approximate surface area is 150 Å². The highest BCUT2D eigenvalue weighted by atomic mass is 32.1. The second-order valence-corrected chi connectivity index (χ2v) is 6.87. The molecule has 0 fully saturated rings. The molecular weight excluding hydrogens is 338 g/mol. The Morgan fingerprint density at radius 3 is 2.24 bits per heavy atom. The summed E-state index contributed by atoms with van der Waals surface area (Å²) < 4.78 is 0. The molecule has 1 heterocycles. The second-order valence-electron chi connectivity index (χ2n) is 5.92. The van der Waals surface area contributed by atoms with E-state index in [0.717, 1.165) is 0 Å². The number of benzene rings is 1. The third-order valence-corrected chi connectivity index (χ3v) is 4.30. The molecule has 0 saturated carbocycles. The predicted octanol–water partition coefficient (Wildman–Crippen LogP) is 3.10. The summed E-state index contributed by atoms with van der Waals surface area (Å²) in [6.45, 7) is 5.15. The molecule has 1 aromatic heterocycles. The summed E-state index contributed by atoms with van der Waals surface area (Å²) in [5.41, 5.74) is 1.14. The van der Waals surface area contributed by atoms with E-state index in [1.807, 2.05) is 19.2 Å². The van der Waals surface area contributed by atoms with E-state index in [0.29, 0.717) is 16.3 Å². The molecule has 0 saturated heterocycles. The Hall–Kier alpha value is -2.67. The highest BCUT2D eigenvalue weighted by Gasteiger charge is 2.25. The van der Waals surface area contributed by atoms with Gasteiger partial charge in [-0.3, -0.25) is 14.4 Å². The molecule has 0 aliphatic rings. The molecule has 0 aliphatic heterocycles. The van der Waals surface area contributed by atoms with E-state index in [4.69, 9.17) is 0 Å². The Morgan fingerprint density at radius 2 is 1.68 bits per heavy atom. The van der Waals surface area contributed by atoms with Gasteiger partial charge in [0.15, 0.2) is 0 Å². The Balaban J connectivity index is 2.07. The van der Waals surface area contributed by atoms with Crippen LogP contribution in [0.2, 0.25) is 0 Å². The number of hydrogen-bond donors (Lipinski definition) is 3. The first-order valence-corrected chi connectivity index (χ1v) is 8.77. The summed E-state index contributed by atoms with van der Waals surface area (Å²) >= 11 is 1.32. The van der Waals surface area contributed by atoms with Crippen LogP contribution in [0.25, 0.3) is 0 Å². The van der Waals surface area contributed by atoms with Crippen molar-refractivity contribution in [1.29, 1.82) is 0 Å². The second kappa shape index (κ2) is 8.43. The largest absolute Gasteiger partial charge is 0.339 e. The SMILES string of the molecule is CC(=O)Nc1cccc(NC(=O)C(NC(=O)c2cccs2)C(C)C)c1. The van der Waals surface area contributed by atoms with E-state index in [1.165, 1.54) is 18.3 Å². The average Bonchev–Trinajstić information content (AvgIpc) is 3.06. The van der Waals surface area contributed by atoms with Crippen molar-refractivity contribution in [2.45, 2.75) is 26.8 Å². The van der Waals surface area contributed by atoms with Crippen LogP contribution in [0.5, 0.6) is 0 Å². The summed E-state index contributed by atoms with van der Waals surface area (Å²) in [7, 11) is 0. The Kier molecular flexibility index (Phi) is 6.30. The van der Waals surface area contributed by atoms with Gasteiger partial charge in [0.2, 0.25) is 11.8 Å². The zero-order valence-electron chi connectivity index (χ0n) is 14.3. The van der Waals surface area contributed by atoms with E-state index >= 15 is 0 Å². The maximum absolute atomic E-state index is 12.6. The predicted molar refractivity (Wildman–Crippen MR) is 99.8 cm³/mol. The first-order valence-electron chi connectivity index (χ1n) is 7.89. The van der Waals surface area contributed by atoms with Crippen LogP contribution in [-0.2, 0) is 9.59 Å². The molecule has 7 heteroatoms. The van der Waals surface area contributed by atoms with Crippen molar-refractivity contribution < 1.29 is 14.4 Å². The van der Waals surface area contributed by atoms with Gasteiger partial charge in [-0.2, -0.15) is 0 Å². The molecule has 6 nitrogen and oxygen atoms in total. The molecule has 25 heavy (non-hydrogen) atoms. The molecule has 132 valence electrons. The van der Waals surface area contributed by atoms with Gasteiger partial charge in [-0.05, 0) is 35.6 Å². The highest BCUT2D eigenvalue weighted by Crippen LogP contribution is 2.17. The lowest BCUT2D eigenvalue weighted by Crippen LogP contribution is -2.46. The number of carbonyl (C=O) groups excluding carboxylic acids is 3. The molecular formula is C18H21N3O3S. The number of hydrogen-bond acceptors (Lipinski definition) is 4. The van der Waals surface area contributed by atoms with Crippen LogP contribution in [0.1, 0.15) is 30.4 Å². The van der Waals surface area contributed by atoms with Crippen LogP contribution in [0.15, 0.2) is 41.8 Å². The van der Waals surface area contributed by atoms with Gasteiger partial charge in [-0.25, -0.2) is 0 Å². The molecule has 2 rings (SSSR count). The lowest BCUT2D eigenvalue weighted by Gasteiger charge is -2.21. The van der Waals surface area contributed by atoms with E-state index < -0.39 is 6.04 Å². The fraction of sp³-hybridized carbons (Fsp3) is 0.278. The van der Waals surface area contributed by atoms with Crippen LogP contribution in [-0.4, -0.2) is 23.8 Å². The first kappa shape index (κ1) is 18.7. The average molecular weight is 359 g/mol. The van der Waals surface area contributed by atoms with Crippen molar-refractivity contribution in [2.75, 3.05) is 10.6 Å². The van der Waals surface area contributed by atoms with Crippen molar-refractivity contribution in [3.05, 3.63) is 46.7 Å². The van der Waals surface area contributed by atoms with Gasteiger partial charge in [-0.15, -0.1) is 11.3 Å². The van der Waals surface area contributed by atoms with Crippen LogP contribution in [0.4, 0.5) is 11.4 Å². The molecule has 2 aromatic rings. The van der Waals surface area contributed by atoms with Crippen LogP contribution in [0, 0.1) is 5.92 Å². The van der Waals surface area contributed by atoms with E-state index in [1.54, 1.807) is 36.4 Å². The number of anilines is 2. The van der Waals surface area contributed by atoms with Crippen molar-refractivity contribution in [1.82, 2.24) is 5.32 Å². The summed E-state index contributed by atoms with van der Waals surface area (Å²) in [6, 6.07) is 9.69. The first-order chi connectivity index (χ1) is 11.9. The monoisotopic (exact) mass is 359 g/mol. The van der Waals surface area contributed by atoms with E-state index in [2.05, 4.69) is 16.0 Å². The minimum absolute atomic E-state index is 0.0811. The summed E-state index contributed by atoms with van der Waals surface area (Å²) in [4.78, 5) is 36.5. The van der Waals surface area contributed by atoms with E-state index in [9.17, 15) is 14.4 Å². The topological polar surface area (TPSA) is 87.3 Å². The number of amides is 3. The van der Waals surface area contributed by atoms with Gasteiger partial charge in [0.1, 0.15) is 6.04 Å². The normalized spacial score (nSPS) is 11.7. The zero-order chi connectivity index (χ0) is 18.4. The third kappa shape index (κ3) is 5.42. The van der Waals surface area contributed by atoms with Gasteiger partial charge in [0.25, 0.3) is 5.91 Å². The van der Waals surface area contributed by atoms with E-state index in [-0.39, 0.29) is 23.6 Å². The van der Waals surface area contributed by atoms with Crippen molar-refractivity contribution in [3.8, 4) is 0 Å². The molecule has 1 atom stereocenters. The fourth-order valence-electron chi connectivity index (χ4n) is 2.25. The quantitative estimate of drug-likeness (QED) is 0.741. The van der Waals surface area contributed by atoms with Crippen molar-refractivity contribution in [2.24, 2.45) is 5.92 Å². The Morgan fingerprint density at radius 1 is 1.00 bits per heavy atom. The summed E-state index contributed by atoms with van der Waals surface area (Å²) in [5, 5.41) is 10.0. The van der Waals surface area contributed by atoms with Crippen LogP contribution < -0.4 is 16.0 Å². The number of nitrogens with one attached hydrogen (secondary N) is 3. The number of thiophene rings is 1. The molecule has 1 unspecified atom stereocenters. The third-order valence-electron chi connectivity index (χ3n) is 3.43. The molecule has 0 radical (unpaired) electrons. The maximum atomic E-state index is 12.6. The standard InChI is InChI=1S/C18H21N3O3S/c1-11(2)16(21-17(23)15-8-5-9-25-15)18(24)20-14-7-4-6-13(10-14)19-12(3)22/h4-11,16H,1-3H3,(H,19,22)(H,20,24)(H,21,23). The molecule has 0 spiro atoms. The molecule has 1 aromatic carbocycles. The zero-order valence-corrected chi connectivity index (χ0v) is 15.1. The summed E-state index contributed by atoms with van der Waals surface area (Å²) in [5.74, 6) is -0.843.